The number of likely N-dealkylation sites (N-methyl/N-ethyl adjacent to an activating group) is 1. The number of aryl methyl sites for hydroxylation is 4. The molecule has 0 aliphatic heterocycles. The zero-order valence-corrected chi connectivity index (χ0v) is 15.1. The SMILES string of the molecule is Cc1cccc(C)c1NC(=O)CN(C)C(=O)c1c(C)oc(C)c1C. The fraction of sp³-hybridized carbons (Fsp3) is 0.368. The lowest BCUT2D eigenvalue weighted by Crippen LogP contribution is -2.35. The Morgan fingerprint density at radius 3 is 2.12 bits per heavy atom. The maximum Gasteiger partial charge on any atom is 0.257 e. The van der Waals surface area contributed by atoms with Crippen molar-refractivity contribution in [2.75, 3.05) is 18.9 Å². The molecule has 0 radical (unpaired) electrons. The number of furan rings is 1. The fourth-order valence-electron chi connectivity index (χ4n) is 2.78. The number of amides is 2. The summed E-state index contributed by atoms with van der Waals surface area (Å²) in [5.41, 5.74) is 4.15. The van der Waals surface area contributed by atoms with Crippen LogP contribution in [0, 0.1) is 34.6 Å². The Hall–Kier alpha value is -2.56. The van der Waals surface area contributed by atoms with Gasteiger partial charge in [0.25, 0.3) is 5.91 Å². The number of carbonyl (C=O) groups is 2. The lowest BCUT2D eigenvalue weighted by atomic mass is 10.1. The van der Waals surface area contributed by atoms with E-state index in [-0.39, 0.29) is 18.4 Å². The third-order valence-corrected chi connectivity index (χ3v) is 4.25. The average molecular weight is 328 g/mol. The van der Waals surface area contributed by atoms with Crippen molar-refractivity contribution in [2.45, 2.75) is 34.6 Å². The molecule has 0 aliphatic carbocycles. The molecule has 5 nitrogen and oxygen atoms in total. The maximum atomic E-state index is 12.6. The molecule has 0 fully saturated rings. The maximum absolute atomic E-state index is 12.6. The van der Waals surface area contributed by atoms with Crippen LogP contribution in [0.3, 0.4) is 0 Å². The lowest BCUT2D eigenvalue weighted by molar-refractivity contribution is -0.116. The number of para-hydroxylation sites is 1. The molecule has 128 valence electrons. The molecule has 2 amide bonds. The largest absolute Gasteiger partial charge is 0.466 e. The number of nitrogens with one attached hydrogen (secondary N) is 1. The Kier molecular flexibility index (Phi) is 5.12. The van der Waals surface area contributed by atoms with E-state index in [4.69, 9.17) is 4.42 Å². The molecule has 1 aromatic carbocycles. The number of hydrogen-bond donors (Lipinski definition) is 1. The van der Waals surface area contributed by atoms with E-state index >= 15 is 0 Å². The van der Waals surface area contributed by atoms with Gasteiger partial charge in [-0.05, 0) is 45.7 Å². The summed E-state index contributed by atoms with van der Waals surface area (Å²) < 4.78 is 5.50. The van der Waals surface area contributed by atoms with Crippen LogP contribution in [-0.4, -0.2) is 30.3 Å². The van der Waals surface area contributed by atoms with Gasteiger partial charge in [0.1, 0.15) is 11.5 Å². The molecule has 0 atom stereocenters. The first kappa shape index (κ1) is 17.8. The Bertz CT molecular complexity index is 770. The van der Waals surface area contributed by atoms with E-state index in [9.17, 15) is 9.59 Å². The predicted octanol–water partition coefficient (Wildman–Crippen LogP) is 3.53. The molecule has 1 aromatic heterocycles. The number of benzene rings is 1. The van der Waals surface area contributed by atoms with Crippen molar-refractivity contribution in [1.29, 1.82) is 0 Å². The van der Waals surface area contributed by atoms with E-state index < -0.39 is 0 Å². The second-order valence-corrected chi connectivity index (χ2v) is 6.19. The first-order valence-electron chi connectivity index (χ1n) is 7.90. The van der Waals surface area contributed by atoms with E-state index in [0.29, 0.717) is 11.3 Å². The van der Waals surface area contributed by atoms with Crippen LogP contribution in [0.25, 0.3) is 0 Å². The van der Waals surface area contributed by atoms with Gasteiger partial charge in [-0.15, -0.1) is 0 Å². The topological polar surface area (TPSA) is 62.6 Å². The van der Waals surface area contributed by atoms with Crippen LogP contribution >= 0.6 is 0 Å². The van der Waals surface area contributed by atoms with Gasteiger partial charge in [0, 0.05) is 18.3 Å². The highest BCUT2D eigenvalue weighted by Gasteiger charge is 2.23. The predicted molar refractivity (Wildman–Crippen MR) is 94.4 cm³/mol. The van der Waals surface area contributed by atoms with Crippen molar-refractivity contribution in [3.63, 3.8) is 0 Å². The van der Waals surface area contributed by atoms with Gasteiger partial charge in [0.2, 0.25) is 5.91 Å². The molecule has 0 aliphatic rings. The molecule has 1 heterocycles. The summed E-state index contributed by atoms with van der Waals surface area (Å²) >= 11 is 0. The van der Waals surface area contributed by atoms with Crippen LogP contribution in [0.4, 0.5) is 5.69 Å². The molecule has 0 spiro atoms. The van der Waals surface area contributed by atoms with Gasteiger partial charge in [0.15, 0.2) is 0 Å². The zero-order chi connectivity index (χ0) is 18.0. The van der Waals surface area contributed by atoms with Crippen LogP contribution in [0.5, 0.6) is 0 Å². The van der Waals surface area contributed by atoms with Gasteiger partial charge in [0.05, 0.1) is 12.1 Å². The molecule has 0 saturated heterocycles. The van der Waals surface area contributed by atoms with Crippen LogP contribution in [0.15, 0.2) is 22.6 Å². The zero-order valence-electron chi connectivity index (χ0n) is 15.1. The molecular formula is C19H24N2O3. The Morgan fingerprint density at radius 2 is 1.62 bits per heavy atom. The third kappa shape index (κ3) is 3.50. The molecule has 2 aromatic rings. The summed E-state index contributed by atoms with van der Waals surface area (Å²) in [6.07, 6.45) is 0. The highest BCUT2D eigenvalue weighted by atomic mass is 16.3. The van der Waals surface area contributed by atoms with Crippen LogP contribution in [0.1, 0.15) is 38.6 Å². The summed E-state index contributed by atoms with van der Waals surface area (Å²) in [5, 5.41) is 2.89. The number of nitrogens with zero attached hydrogens (tertiary/aromatic N) is 1. The van der Waals surface area contributed by atoms with Gasteiger partial charge in [-0.3, -0.25) is 9.59 Å². The van der Waals surface area contributed by atoms with E-state index in [1.165, 1.54) is 4.90 Å². The highest BCUT2D eigenvalue weighted by Crippen LogP contribution is 2.22. The molecule has 24 heavy (non-hydrogen) atoms. The minimum atomic E-state index is -0.223. The number of anilines is 1. The highest BCUT2D eigenvalue weighted by molar-refractivity contribution is 6.01. The van der Waals surface area contributed by atoms with Crippen molar-refractivity contribution in [2.24, 2.45) is 0 Å². The van der Waals surface area contributed by atoms with Crippen molar-refractivity contribution >= 4 is 17.5 Å². The first-order chi connectivity index (χ1) is 11.2. The average Bonchev–Trinajstić information content (AvgIpc) is 2.75. The third-order valence-electron chi connectivity index (χ3n) is 4.25. The van der Waals surface area contributed by atoms with E-state index in [2.05, 4.69) is 5.32 Å². The molecule has 0 bridgehead atoms. The van der Waals surface area contributed by atoms with Gasteiger partial charge >= 0.3 is 0 Å². The van der Waals surface area contributed by atoms with Gasteiger partial charge in [-0.2, -0.15) is 0 Å². The Balaban J connectivity index is 2.10. The summed E-state index contributed by atoms with van der Waals surface area (Å²) in [5.74, 6) is 0.874. The standard InChI is InChI=1S/C19H24N2O3/c1-11-8-7-9-12(2)18(11)20-16(22)10-21(6)19(23)17-13(3)14(4)24-15(17)5/h7-9H,10H2,1-6H3,(H,20,22). The van der Waals surface area contributed by atoms with Crippen LogP contribution < -0.4 is 5.32 Å². The smallest absolute Gasteiger partial charge is 0.257 e. The van der Waals surface area contributed by atoms with Gasteiger partial charge in [-0.1, -0.05) is 18.2 Å². The van der Waals surface area contributed by atoms with Crippen molar-refractivity contribution in [3.8, 4) is 0 Å². The van der Waals surface area contributed by atoms with E-state index in [1.807, 2.05) is 45.9 Å². The van der Waals surface area contributed by atoms with Crippen LogP contribution in [0.2, 0.25) is 0 Å². The molecule has 0 saturated carbocycles. The Morgan fingerprint density at radius 1 is 1.04 bits per heavy atom. The molecule has 2 rings (SSSR count). The summed E-state index contributed by atoms with van der Waals surface area (Å²) in [4.78, 5) is 26.3. The van der Waals surface area contributed by atoms with Crippen molar-refractivity contribution < 1.29 is 14.0 Å². The molecular weight excluding hydrogens is 304 g/mol. The number of hydrogen-bond acceptors (Lipinski definition) is 3. The molecule has 1 N–H and O–H groups in total. The summed E-state index contributed by atoms with van der Waals surface area (Å²) in [6.45, 7) is 9.31. The quantitative estimate of drug-likeness (QED) is 0.934. The van der Waals surface area contributed by atoms with E-state index in [0.717, 1.165) is 28.1 Å². The van der Waals surface area contributed by atoms with E-state index in [1.54, 1.807) is 14.0 Å². The lowest BCUT2D eigenvalue weighted by Gasteiger charge is -2.18. The first-order valence-corrected chi connectivity index (χ1v) is 7.90. The van der Waals surface area contributed by atoms with Gasteiger partial charge in [-0.25, -0.2) is 0 Å². The number of rotatable bonds is 4. The monoisotopic (exact) mass is 328 g/mol. The second kappa shape index (κ2) is 6.91. The van der Waals surface area contributed by atoms with Crippen molar-refractivity contribution in [3.05, 3.63) is 52.0 Å². The normalized spacial score (nSPS) is 10.6. The second-order valence-electron chi connectivity index (χ2n) is 6.19. The summed E-state index contributed by atoms with van der Waals surface area (Å²) in [6, 6.07) is 5.83. The minimum Gasteiger partial charge on any atom is -0.466 e. The van der Waals surface area contributed by atoms with Crippen molar-refractivity contribution in [1.82, 2.24) is 4.90 Å². The number of carbonyl (C=O) groups excluding carboxylic acids is 2. The fourth-order valence-corrected chi connectivity index (χ4v) is 2.78. The summed E-state index contributed by atoms with van der Waals surface area (Å²) in [7, 11) is 1.62. The Labute approximate surface area is 142 Å². The molecule has 5 heteroatoms. The molecule has 0 unspecified atom stereocenters. The minimum absolute atomic E-state index is 0.0181. The van der Waals surface area contributed by atoms with Crippen LogP contribution in [-0.2, 0) is 4.79 Å². The van der Waals surface area contributed by atoms with Gasteiger partial charge < -0.3 is 14.6 Å².